The van der Waals surface area contributed by atoms with Crippen LogP contribution in [0.25, 0.3) is 11.4 Å². The van der Waals surface area contributed by atoms with Gasteiger partial charge in [-0.1, -0.05) is 42.5 Å². The van der Waals surface area contributed by atoms with Gasteiger partial charge in [0.1, 0.15) is 18.2 Å². The van der Waals surface area contributed by atoms with Crippen LogP contribution >= 0.6 is 12.2 Å². The summed E-state index contributed by atoms with van der Waals surface area (Å²) in [6, 6.07) is 23.5. The molecule has 0 aliphatic rings. The lowest BCUT2D eigenvalue weighted by Crippen LogP contribution is -1.97. The van der Waals surface area contributed by atoms with Crippen molar-refractivity contribution >= 4 is 18.4 Å². The highest BCUT2D eigenvalue weighted by Gasteiger charge is 2.07. The van der Waals surface area contributed by atoms with Gasteiger partial charge in [-0.3, -0.25) is 0 Å². The molecule has 0 spiro atoms. The molecule has 1 N–H and O–H groups in total. The van der Waals surface area contributed by atoms with Crippen LogP contribution in [0.1, 0.15) is 11.1 Å². The van der Waals surface area contributed by atoms with E-state index in [1.165, 1.54) is 12.1 Å². The van der Waals surface area contributed by atoms with E-state index in [-0.39, 0.29) is 5.82 Å². The van der Waals surface area contributed by atoms with Crippen molar-refractivity contribution < 1.29 is 9.13 Å². The van der Waals surface area contributed by atoms with Crippen LogP contribution in [0.15, 0.2) is 84.0 Å². The number of halogens is 1. The Kier molecular flexibility index (Phi) is 5.58. The van der Waals surface area contributed by atoms with Crippen LogP contribution in [0.2, 0.25) is 0 Å². The summed E-state index contributed by atoms with van der Waals surface area (Å²) in [4.78, 5) is 0. The molecule has 1 aromatic heterocycles. The fraction of sp³-hybridized carbons (Fsp3) is 0.0455. The molecule has 0 atom stereocenters. The van der Waals surface area contributed by atoms with E-state index in [4.69, 9.17) is 17.0 Å². The minimum atomic E-state index is -0.273. The average molecular weight is 404 g/mol. The first-order valence-corrected chi connectivity index (χ1v) is 9.34. The molecule has 0 aliphatic heterocycles. The number of nitrogens with zero attached hydrogens (tertiary/aromatic N) is 3. The van der Waals surface area contributed by atoms with E-state index in [1.54, 1.807) is 17.0 Å². The molecule has 5 nitrogen and oxygen atoms in total. The summed E-state index contributed by atoms with van der Waals surface area (Å²) in [7, 11) is 0. The Hall–Kier alpha value is -3.58. The molecule has 0 saturated carbocycles. The van der Waals surface area contributed by atoms with Crippen LogP contribution < -0.4 is 4.74 Å². The van der Waals surface area contributed by atoms with Crippen molar-refractivity contribution in [3.05, 3.63) is 101 Å². The van der Waals surface area contributed by atoms with Gasteiger partial charge >= 0.3 is 0 Å². The number of H-pyrrole nitrogens is 1. The van der Waals surface area contributed by atoms with Gasteiger partial charge in [-0.25, -0.2) is 9.49 Å². The Labute approximate surface area is 172 Å². The molecule has 0 unspecified atom stereocenters. The van der Waals surface area contributed by atoms with Gasteiger partial charge in [0.15, 0.2) is 5.82 Å². The van der Waals surface area contributed by atoms with Crippen LogP contribution in [0.4, 0.5) is 4.39 Å². The predicted molar refractivity (Wildman–Crippen MR) is 113 cm³/mol. The van der Waals surface area contributed by atoms with Gasteiger partial charge in [-0.2, -0.15) is 14.9 Å². The number of ether oxygens (including phenoxy) is 1. The molecule has 1 heterocycles. The van der Waals surface area contributed by atoms with Gasteiger partial charge in [0, 0.05) is 5.56 Å². The third kappa shape index (κ3) is 4.64. The Balaban J connectivity index is 1.46. The van der Waals surface area contributed by atoms with Crippen molar-refractivity contribution in [2.45, 2.75) is 6.61 Å². The zero-order chi connectivity index (χ0) is 20.1. The van der Waals surface area contributed by atoms with Crippen molar-refractivity contribution in [3.8, 4) is 17.1 Å². The maximum absolute atomic E-state index is 13.2. The van der Waals surface area contributed by atoms with E-state index in [1.807, 2.05) is 60.7 Å². The molecule has 0 fully saturated rings. The zero-order valence-corrected chi connectivity index (χ0v) is 16.1. The summed E-state index contributed by atoms with van der Waals surface area (Å²) in [5.41, 5.74) is 2.57. The quantitative estimate of drug-likeness (QED) is 0.355. The van der Waals surface area contributed by atoms with Gasteiger partial charge in [-0.15, -0.1) is 0 Å². The van der Waals surface area contributed by atoms with Crippen LogP contribution in [-0.4, -0.2) is 21.1 Å². The molecule has 0 aliphatic carbocycles. The average Bonchev–Trinajstić information content (AvgIpc) is 3.12. The summed E-state index contributed by atoms with van der Waals surface area (Å²) in [6.07, 6.45) is 1.70. The first-order chi connectivity index (χ1) is 14.2. The number of rotatable bonds is 6. The number of benzene rings is 3. The van der Waals surface area contributed by atoms with Crippen LogP contribution in [0.5, 0.6) is 5.75 Å². The molecular weight excluding hydrogens is 387 g/mol. The lowest BCUT2D eigenvalue weighted by molar-refractivity contribution is 0.305. The summed E-state index contributed by atoms with van der Waals surface area (Å²) in [6.45, 7) is 0.301. The van der Waals surface area contributed by atoms with Gasteiger partial charge < -0.3 is 4.74 Å². The minimum absolute atomic E-state index is 0.273. The predicted octanol–water partition coefficient (Wildman–Crippen LogP) is 5.21. The molecule has 0 radical (unpaired) electrons. The number of aromatic amines is 1. The number of hydrogen-bond donors (Lipinski definition) is 1. The highest BCUT2D eigenvalue weighted by molar-refractivity contribution is 7.71. The Bertz CT molecular complexity index is 1180. The van der Waals surface area contributed by atoms with Gasteiger partial charge in [-0.05, 0) is 59.7 Å². The first kappa shape index (κ1) is 18.8. The molecule has 0 amide bonds. The Morgan fingerprint density at radius 3 is 2.59 bits per heavy atom. The number of nitrogens with one attached hydrogen (secondary N) is 1. The molecule has 144 valence electrons. The number of hydrogen-bond acceptors (Lipinski definition) is 4. The third-order valence-electron chi connectivity index (χ3n) is 4.18. The summed E-state index contributed by atoms with van der Waals surface area (Å²) >= 11 is 5.28. The van der Waals surface area contributed by atoms with E-state index in [2.05, 4.69) is 15.3 Å². The van der Waals surface area contributed by atoms with Crippen LogP contribution in [-0.2, 0) is 6.61 Å². The number of aromatic nitrogens is 3. The zero-order valence-electron chi connectivity index (χ0n) is 15.3. The maximum Gasteiger partial charge on any atom is 0.216 e. The normalized spacial score (nSPS) is 11.1. The standard InChI is InChI=1S/C22H17FN4OS/c23-19-8-4-5-17(13-19)15-28-20-11-9-16(10-12-20)14-24-27-21(25-26-22(27)29)18-6-2-1-3-7-18/h1-14H,15H2,(H,26,29)/b24-14-. The fourth-order valence-corrected chi connectivity index (χ4v) is 2.92. The third-order valence-corrected chi connectivity index (χ3v) is 4.44. The highest BCUT2D eigenvalue weighted by atomic mass is 32.1. The smallest absolute Gasteiger partial charge is 0.216 e. The molecular formula is C22H17FN4OS. The van der Waals surface area contributed by atoms with Gasteiger partial charge in [0.05, 0.1) is 6.21 Å². The topological polar surface area (TPSA) is 55.2 Å². The first-order valence-electron chi connectivity index (χ1n) is 8.93. The fourth-order valence-electron chi connectivity index (χ4n) is 2.74. The van der Waals surface area contributed by atoms with E-state index in [0.717, 1.165) is 16.7 Å². The van der Waals surface area contributed by atoms with Gasteiger partial charge in [0.2, 0.25) is 4.77 Å². The molecule has 7 heteroatoms. The molecule has 3 aromatic carbocycles. The lowest BCUT2D eigenvalue weighted by Gasteiger charge is -2.06. The van der Waals surface area contributed by atoms with Crippen LogP contribution in [0, 0.1) is 10.6 Å². The minimum Gasteiger partial charge on any atom is -0.489 e. The highest BCUT2D eigenvalue weighted by Crippen LogP contribution is 2.17. The second-order valence-electron chi connectivity index (χ2n) is 6.26. The second-order valence-corrected chi connectivity index (χ2v) is 6.65. The SMILES string of the molecule is Fc1cccc(COc2ccc(/C=N\n3c(-c4ccccc4)n[nH]c3=S)cc2)c1. The molecule has 4 rings (SSSR count). The Morgan fingerprint density at radius 1 is 1.03 bits per heavy atom. The monoisotopic (exact) mass is 404 g/mol. The molecule has 0 saturated heterocycles. The Morgan fingerprint density at radius 2 is 1.83 bits per heavy atom. The van der Waals surface area contributed by atoms with E-state index >= 15 is 0 Å². The van der Waals surface area contributed by atoms with Crippen LogP contribution in [0.3, 0.4) is 0 Å². The summed E-state index contributed by atoms with van der Waals surface area (Å²) in [5, 5.41) is 11.5. The summed E-state index contributed by atoms with van der Waals surface area (Å²) in [5.74, 6) is 1.06. The van der Waals surface area contributed by atoms with Crippen molar-refractivity contribution in [2.24, 2.45) is 5.10 Å². The molecule has 4 aromatic rings. The second kappa shape index (κ2) is 8.62. The summed E-state index contributed by atoms with van der Waals surface area (Å²) < 4.78 is 20.9. The van der Waals surface area contributed by atoms with E-state index < -0.39 is 0 Å². The molecule has 29 heavy (non-hydrogen) atoms. The van der Waals surface area contributed by atoms with Crippen molar-refractivity contribution in [2.75, 3.05) is 0 Å². The maximum atomic E-state index is 13.2. The lowest BCUT2D eigenvalue weighted by atomic mass is 10.2. The van der Waals surface area contributed by atoms with E-state index in [0.29, 0.717) is 23.0 Å². The van der Waals surface area contributed by atoms with Crippen molar-refractivity contribution in [1.82, 2.24) is 14.9 Å². The van der Waals surface area contributed by atoms with Crippen molar-refractivity contribution in [1.29, 1.82) is 0 Å². The molecule has 0 bridgehead atoms. The largest absolute Gasteiger partial charge is 0.489 e. The van der Waals surface area contributed by atoms with E-state index in [9.17, 15) is 4.39 Å². The van der Waals surface area contributed by atoms with Gasteiger partial charge in [0.25, 0.3) is 0 Å². The van der Waals surface area contributed by atoms with Crippen molar-refractivity contribution in [3.63, 3.8) is 0 Å².